The Labute approximate surface area is 132 Å². The van der Waals surface area contributed by atoms with Crippen molar-refractivity contribution >= 4 is 22.7 Å². The van der Waals surface area contributed by atoms with Crippen LogP contribution in [-0.2, 0) is 13.1 Å². The molecule has 4 nitrogen and oxygen atoms in total. The summed E-state index contributed by atoms with van der Waals surface area (Å²) >= 11 is 3.41. The number of thiophene rings is 1. The molecule has 3 rings (SSSR count). The van der Waals surface area contributed by atoms with Crippen molar-refractivity contribution in [1.82, 2.24) is 20.1 Å². The predicted molar refractivity (Wildman–Crippen MR) is 88.7 cm³/mol. The van der Waals surface area contributed by atoms with Gasteiger partial charge in [0.05, 0.1) is 18.4 Å². The largest absolute Gasteiger partial charge is 0.307 e. The van der Waals surface area contributed by atoms with Gasteiger partial charge in [0, 0.05) is 35.1 Å². The summed E-state index contributed by atoms with van der Waals surface area (Å²) in [5.74, 6) is 0. The normalized spacial score (nSPS) is 12.7. The number of rotatable bonds is 6. The van der Waals surface area contributed by atoms with Crippen molar-refractivity contribution in [2.45, 2.75) is 33.0 Å². The van der Waals surface area contributed by atoms with Crippen molar-refractivity contribution in [3.8, 4) is 10.6 Å². The summed E-state index contributed by atoms with van der Waals surface area (Å²) in [5.41, 5.74) is 3.52. The molecule has 0 bridgehead atoms. The summed E-state index contributed by atoms with van der Waals surface area (Å²) in [6, 6.07) is 2.47. The van der Waals surface area contributed by atoms with Gasteiger partial charge >= 0.3 is 0 Å². The Morgan fingerprint density at radius 3 is 3.00 bits per heavy atom. The second kappa shape index (κ2) is 6.51. The molecule has 0 unspecified atom stereocenters. The van der Waals surface area contributed by atoms with Gasteiger partial charge in [-0.2, -0.15) is 16.4 Å². The Morgan fingerprint density at radius 2 is 2.29 bits per heavy atom. The van der Waals surface area contributed by atoms with Crippen LogP contribution in [0, 0.1) is 6.92 Å². The molecule has 21 heavy (non-hydrogen) atoms. The molecule has 0 amide bonds. The molecule has 0 saturated heterocycles. The standard InChI is InChI=1S/C15H18N4S2/c1-11-5-17-19(7-11)8-12(2)16-6-14-10-21-15(18-14)13-3-4-20-9-13/h3-5,7,9-10,12,16H,6,8H2,1-2H3/t12-/m0/s1. The lowest BCUT2D eigenvalue weighted by Gasteiger charge is -2.12. The topological polar surface area (TPSA) is 42.7 Å². The zero-order valence-electron chi connectivity index (χ0n) is 12.1. The zero-order valence-corrected chi connectivity index (χ0v) is 13.7. The van der Waals surface area contributed by atoms with Crippen molar-refractivity contribution in [2.24, 2.45) is 0 Å². The first-order valence-electron chi connectivity index (χ1n) is 6.90. The highest BCUT2D eigenvalue weighted by atomic mass is 32.1. The Kier molecular flexibility index (Phi) is 4.48. The van der Waals surface area contributed by atoms with Crippen molar-refractivity contribution in [3.63, 3.8) is 0 Å². The highest BCUT2D eigenvalue weighted by Crippen LogP contribution is 2.25. The second-order valence-electron chi connectivity index (χ2n) is 5.18. The summed E-state index contributed by atoms with van der Waals surface area (Å²) in [4.78, 5) is 4.68. The molecule has 0 aliphatic carbocycles. The Hall–Kier alpha value is -1.50. The third-order valence-corrected chi connectivity index (χ3v) is 4.80. The van der Waals surface area contributed by atoms with Gasteiger partial charge in [-0.05, 0) is 30.9 Å². The van der Waals surface area contributed by atoms with Crippen LogP contribution in [0.3, 0.4) is 0 Å². The molecule has 0 fully saturated rings. The van der Waals surface area contributed by atoms with Crippen molar-refractivity contribution < 1.29 is 0 Å². The van der Waals surface area contributed by atoms with Crippen LogP contribution in [0.4, 0.5) is 0 Å². The Morgan fingerprint density at radius 1 is 1.38 bits per heavy atom. The first-order valence-corrected chi connectivity index (χ1v) is 8.72. The molecule has 110 valence electrons. The molecule has 0 aliphatic rings. The first kappa shape index (κ1) is 14.4. The monoisotopic (exact) mass is 318 g/mol. The van der Waals surface area contributed by atoms with Gasteiger partial charge in [0.15, 0.2) is 0 Å². The Balaban J connectivity index is 1.53. The summed E-state index contributed by atoms with van der Waals surface area (Å²) in [6.45, 7) is 5.89. The van der Waals surface area contributed by atoms with E-state index in [4.69, 9.17) is 0 Å². The van der Waals surface area contributed by atoms with Crippen molar-refractivity contribution in [1.29, 1.82) is 0 Å². The van der Waals surface area contributed by atoms with Crippen LogP contribution in [0.25, 0.3) is 10.6 Å². The average molecular weight is 318 g/mol. The van der Waals surface area contributed by atoms with Crippen LogP contribution >= 0.6 is 22.7 Å². The second-order valence-corrected chi connectivity index (χ2v) is 6.82. The molecular weight excluding hydrogens is 300 g/mol. The van der Waals surface area contributed by atoms with E-state index < -0.39 is 0 Å². The lowest BCUT2D eigenvalue weighted by molar-refractivity contribution is 0.449. The first-order chi connectivity index (χ1) is 10.2. The lowest BCUT2D eigenvalue weighted by atomic mass is 10.3. The number of hydrogen-bond donors (Lipinski definition) is 1. The minimum absolute atomic E-state index is 0.357. The number of aromatic nitrogens is 3. The molecule has 3 aromatic rings. The number of nitrogens with one attached hydrogen (secondary N) is 1. The van der Waals surface area contributed by atoms with E-state index in [9.17, 15) is 0 Å². The predicted octanol–water partition coefficient (Wildman–Crippen LogP) is 3.55. The molecule has 0 aliphatic heterocycles. The summed E-state index contributed by atoms with van der Waals surface area (Å²) in [5, 5.41) is 15.3. The molecule has 0 aromatic carbocycles. The maximum Gasteiger partial charge on any atom is 0.124 e. The van der Waals surface area contributed by atoms with Gasteiger partial charge in [-0.3, -0.25) is 4.68 Å². The molecule has 0 saturated carbocycles. The van der Waals surface area contributed by atoms with E-state index in [0.29, 0.717) is 6.04 Å². The van der Waals surface area contributed by atoms with Gasteiger partial charge < -0.3 is 5.32 Å². The van der Waals surface area contributed by atoms with Gasteiger partial charge in [0.25, 0.3) is 0 Å². The van der Waals surface area contributed by atoms with E-state index >= 15 is 0 Å². The summed E-state index contributed by atoms with van der Waals surface area (Å²) in [7, 11) is 0. The third kappa shape index (κ3) is 3.78. The van der Waals surface area contributed by atoms with E-state index in [1.165, 1.54) is 11.1 Å². The fourth-order valence-electron chi connectivity index (χ4n) is 2.10. The van der Waals surface area contributed by atoms with Gasteiger partial charge in [-0.1, -0.05) is 0 Å². The quantitative estimate of drug-likeness (QED) is 0.756. The minimum atomic E-state index is 0.357. The van der Waals surface area contributed by atoms with Crippen LogP contribution < -0.4 is 5.32 Å². The lowest BCUT2D eigenvalue weighted by Crippen LogP contribution is -2.30. The highest BCUT2D eigenvalue weighted by Gasteiger charge is 2.07. The van der Waals surface area contributed by atoms with Crippen molar-refractivity contribution in [3.05, 3.63) is 45.9 Å². The summed E-state index contributed by atoms with van der Waals surface area (Å²) < 4.78 is 1.98. The molecule has 3 aromatic heterocycles. The number of hydrogen-bond acceptors (Lipinski definition) is 5. The summed E-state index contributed by atoms with van der Waals surface area (Å²) in [6.07, 6.45) is 3.95. The van der Waals surface area contributed by atoms with Crippen LogP contribution in [0.1, 0.15) is 18.2 Å². The van der Waals surface area contributed by atoms with E-state index in [0.717, 1.165) is 23.8 Å². The van der Waals surface area contributed by atoms with Crippen LogP contribution in [0.15, 0.2) is 34.6 Å². The minimum Gasteiger partial charge on any atom is -0.307 e. The number of nitrogens with zero attached hydrogens (tertiary/aromatic N) is 3. The zero-order chi connectivity index (χ0) is 14.7. The maximum absolute atomic E-state index is 4.68. The molecule has 1 atom stereocenters. The fraction of sp³-hybridized carbons (Fsp3) is 0.333. The van der Waals surface area contributed by atoms with Gasteiger partial charge in [-0.15, -0.1) is 11.3 Å². The van der Waals surface area contributed by atoms with Gasteiger partial charge in [0.1, 0.15) is 5.01 Å². The molecule has 6 heteroatoms. The Bertz CT molecular complexity index is 684. The smallest absolute Gasteiger partial charge is 0.124 e. The van der Waals surface area contributed by atoms with Gasteiger partial charge in [-0.25, -0.2) is 4.98 Å². The van der Waals surface area contributed by atoms with E-state index in [-0.39, 0.29) is 0 Å². The molecule has 0 radical (unpaired) electrons. The maximum atomic E-state index is 4.68. The highest BCUT2D eigenvalue weighted by molar-refractivity contribution is 7.14. The SMILES string of the molecule is Cc1cnn(C[C@H](C)NCc2csc(-c3ccsc3)n2)c1. The number of thiazole rings is 1. The average Bonchev–Trinajstić information content (AvgIpc) is 3.17. The van der Waals surface area contributed by atoms with E-state index in [1.807, 2.05) is 10.9 Å². The van der Waals surface area contributed by atoms with Gasteiger partial charge in [0.2, 0.25) is 0 Å². The molecular formula is C15H18N4S2. The third-order valence-electron chi connectivity index (χ3n) is 3.17. The van der Waals surface area contributed by atoms with Crippen LogP contribution in [0.2, 0.25) is 0 Å². The van der Waals surface area contributed by atoms with Crippen molar-refractivity contribution in [2.75, 3.05) is 0 Å². The fourth-order valence-corrected chi connectivity index (χ4v) is 3.63. The molecule has 0 spiro atoms. The van der Waals surface area contributed by atoms with Crippen LogP contribution in [0.5, 0.6) is 0 Å². The van der Waals surface area contributed by atoms with E-state index in [2.05, 4.69) is 57.7 Å². The van der Waals surface area contributed by atoms with E-state index in [1.54, 1.807) is 22.7 Å². The number of aryl methyl sites for hydroxylation is 1. The van der Waals surface area contributed by atoms with Crippen LogP contribution in [-0.4, -0.2) is 20.8 Å². The molecule has 3 heterocycles. The molecule has 1 N–H and O–H groups in total.